The minimum Gasteiger partial charge on any atom is -0.550 e. The van der Waals surface area contributed by atoms with E-state index in [2.05, 4.69) is 6.92 Å². The molecule has 2 nitrogen and oxygen atoms in total. The maximum atomic E-state index is 10.4. The number of carbonyl (C=O) groups excluding carboxylic acids is 1. The zero-order valence-corrected chi connectivity index (χ0v) is 13.3. The molecular formula is C9H15HgO2. The molecule has 1 saturated carbocycles. The van der Waals surface area contributed by atoms with Crippen LogP contribution in [-0.4, -0.2) is 5.97 Å². The van der Waals surface area contributed by atoms with E-state index < -0.39 is 5.97 Å². The van der Waals surface area contributed by atoms with Crippen molar-refractivity contribution >= 4 is 5.97 Å². The first-order chi connectivity index (χ1) is 5.12. The molecular weight excluding hydrogens is 341 g/mol. The number of carboxylic acid groups (broad SMARTS) is 1. The van der Waals surface area contributed by atoms with Crippen molar-refractivity contribution in [2.24, 2.45) is 5.41 Å². The van der Waals surface area contributed by atoms with Gasteiger partial charge in [0.25, 0.3) is 0 Å². The van der Waals surface area contributed by atoms with Crippen LogP contribution in [0.3, 0.4) is 0 Å². The quantitative estimate of drug-likeness (QED) is 0.696. The molecule has 0 amide bonds. The number of carboxylic acids is 1. The molecule has 0 spiro atoms. The molecule has 0 aromatic rings. The molecule has 0 bridgehead atoms. The summed E-state index contributed by atoms with van der Waals surface area (Å²) >= 11 is 0. The molecule has 0 saturated heterocycles. The van der Waals surface area contributed by atoms with Crippen molar-refractivity contribution in [1.29, 1.82) is 0 Å². The predicted octanol–water partition coefficient (Wildman–Crippen LogP) is 1.09. The fourth-order valence-corrected chi connectivity index (χ4v) is 1.93. The third-order valence-electron chi connectivity index (χ3n) is 2.63. The molecule has 1 fully saturated rings. The van der Waals surface area contributed by atoms with Crippen LogP contribution >= 0.6 is 0 Å². The first kappa shape index (κ1) is 12.4. The first-order valence-electron chi connectivity index (χ1n) is 4.32. The van der Waals surface area contributed by atoms with Crippen LogP contribution in [-0.2, 0) is 32.5 Å². The van der Waals surface area contributed by atoms with E-state index in [9.17, 15) is 9.90 Å². The van der Waals surface area contributed by atoms with Gasteiger partial charge in [0.1, 0.15) is 0 Å². The third-order valence-corrected chi connectivity index (χ3v) is 2.63. The van der Waals surface area contributed by atoms with Crippen LogP contribution < -0.4 is 5.11 Å². The molecule has 1 aliphatic carbocycles. The molecule has 0 N–H and O–H groups in total. The van der Waals surface area contributed by atoms with E-state index in [4.69, 9.17) is 0 Å². The van der Waals surface area contributed by atoms with Gasteiger partial charge in [0, 0.05) is 5.97 Å². The smallest absolute Gasteiger partial charge is 0.550 e. The average Bonchev–Trinajstić information content (AvgIpc) is 1.85. The van der Waals surface area contributed by atoms with Gasteiger partial charge in [-0.3, -0.25) is 0 Å². The molecule has 0 aromatic heterocycles. The molecule has 3 heteroatoms. The van der Waals surface area contributed by atoms with E-state index in [-0.39, 0.29) is 39.5 Å². The average molecular weight is 356 g/mol. The Balaban J connectivity index is 0.00000121. The van der Waals surface area contributed by atoms with Gasteiger partial charge in [0.15, 0.2) is 0 Å². The van der Waals surface area contributed by atoms with Crippen molar-refractivity contribution in [2.75, 3.05) is 0 Å². The maximum absolute atomic E-state index is 10.4. The van der Waals surface area contributed by atoms with E-state index in [0.717, 1.165) is 12.8 Å². The molecule has 0 aliphatic heterocycles. The minimum absolute atomic E-state index is 0. The van der Waals surface area contributed by atoms with Gasteiger partial charge in [-0.2, -0.15) is 0 Å². The van der Waals surface area contributed by atoms with Crippen LogP contribution in [0.25, 0.3) is 0 Å². The molecule has 12 heavy (non-hydrogen) atoms. The summed E-state index contributed by atoms with van der Waals surface area (Å²) in [5.41, 5.74) is 0.0388. The molecule has 0 aromatic carbocycles. The van der Waals surface area contributed by atoms with Crippen molar-refractivity contribution in [1.82, 2.24) is 0 Å². The zero-order valence-electron chi connectivity index (χ0n) is 7.77. The summed E-state index contributed by atoms with van der Waals surface area (Å²) in [7, 11) is 0. The van der Waals surface area contributed by atoms with Crippen molar-refractivity contribution < 1.29 is 37.6 Å². The third kappa shape index (κ3) is 3.88. The number of hydrogen-bond donors (Lipinski definition) is 0. The molecule has 1 radical (unpaired) electrons. The second-order valence-electron chi connectivity index (χ2n) is 3.92. The van der Waals surface area contributed by atoms with Crippen LogP contribution in [0.2, 0.25) is 0 Å². The molecule has 1 rings (SSSR count). The Bertz CT molecular complexity index is 151. The molecule has 0 atom stereocenters. The Kier molecular flexibility index (Phi) is 5.38. The number of carbonyl (C=O) groups is 1. The minimum atomic E-state index is -0.894. The van der Waals surface area contributed by atoms with Gasteiger partial charge >= 0.3 is 27.7 Å². The first-order valence-corrected chi connectivity index (χ1v) is 4.32. The van der Waals surface area contributed by atoms with Crippen molar-refractivity contribution in [3.63, 3.8) is 0 Å². The van der Waals surface area contributed by atoms with Gasteiger partial charge < -0.3 is 9.90 Å². The second kappa shape index (κ2) is 5.20. The van der Waals surface area contributed by atoms with Crippen LogP contribution in [0, 0.1) is 5.41 Å². The van der Waals surface area contributed by atoms with Gasteiger partial charge in [-0.1, -0.05) is 26.2 Å². The van der Waals surface area contributed by atoms with Gasteiger partial charge in [-0.05, 0) is 24.7 Å². The summed E-state index contributed by atoms with van der Waals surface area (Å²) in [4.78, 5) is 10.4. The molecule has 65 valence electrons. The van der Waals surface area contributed by atoms with Crippen LogP contribution in [0.15, 0.2) is 0 Å². The summed E-state index contributed by atoms with van der Waals surface area (Å²) in [6.07, 6.45) is 5.99. The zero-order chi connectivity index (χ0) is 8.32. The Hall–Kier alpha value is 0.405. The van der Waals surface area contributed by atoms with E-state index in [1.807, 2.05) is 0 Å². The summed E-state index contributed by atoms with van der Waals surface area (Å²) in [5, 5.41) is 10.4. The SMILES string of the molecule is CC1(CC(=O)[O-])CCCCC1.[Hg+]. The van der Waals surface area contributed by atoms with E-state index in [1.54, 1.807) is 0 Å². The molecule has 0 heterocycles. The Morgan fingerprint density at radius 1 is 1.33 bits per heavy atom. The van der Waals surface area contributed by atoms with Crippen molar-refractivity contribution in [3.05, 3.63) is 0 Å². The molecule has 1 aliphatic rings. The normalized spacial score (nSPS) is 21.1. The van der Waals surface area contributed by atoms with Crippen molar-refractivity contribution in [3.8, 4) is 0 Å². The van der Waals surface area contributed by atoms with Gasteiger partial charge in [0.05, 0.1) is 0 Å². The van der Waals surface area contributed by atoms with Crippen LogP contribution in [0.1, 0.15) is 45.4 Å². The number of aliphatic carboxylic acids is 1. The number of rotatable bonds is 2. The van der Waals surface area contributed by atoms with Crippen LogP contribution in [0.5, 0.6) is 0 Å². The van der Waals surface area contributed by atoms with E-state index in [1.165, 1.54) is 19.3 Å². The maximum Gasteiger partial charge on any atom is 1.00 e. The fourth-order valence-electron chi connectivity index (χ4n) is 1.93. The standard InChI is InChI=1S/C9H16O2.Hg/c1-9(7-8(10)11)5-3-2-4-6-9;/h2-7H2,1H3,(H,10,11);/q;+1/p-1. The van der Waals surface area contributed by atoms with Gasteiger partial charge in [-0.25, -0.2) is 0 Å². The summed E-state index contributed by atoms with van der Waals surface area (Å²) in [6.45, 7) is 2.06. The Morgan fingerprint density at radius 2 is 1.83 bits per heavy atom. The van der Waals surface area contributed by atoms with E-state index >= 15 is 0 Å². The van der Waals surface area contributed by atoms with Crippen LogP contribution in [0.4, 0.5) is 0 Å². The second-order valence-corrected chi connectivity index (χ2v) is 3.92. The Labute approximate surface area is 94.2 Å². The largest absolute Gasteiger partial charge is 1.00 e. The molecule has 0 unspecified atom stereocenters. The monoisotopic (exact) mass is 357 g/mol. The summed E-state index contributed by atoms with van der Waals surface area (Å²) < 4.78 is 0. The topological polar surface area (TPSA) is 40.1 Å². The number of hydrogen-bond acceptors (Lipinski definition) is 2. The van der Waals surface area contributed by atoms with Gasteiger partial charge in [-0.15, -0.1) is 0 Å². The van der Waals surface area contributed by atoms with E-state index in [0.29, 0.717) is 0 Å². The summed E-state index contributed by atoms with van der Waals surface area (Å²) in [5.74, 6) is -0.894. The summed E-state index contributed by atoms with van der Waals surface area (Å²) in [6, 6.07) is 0. The van der Waals surface area contributed by atoms with Crippen molar-refractivity contribution in [2.45, 2.75) is 45.4 Å². The predicted molar refractivity (Wildman–Crippen MR) is 40.8 cm³/mol. The fraction of sp³-hybridized carbons (Fsp3) is 0.889. The Morgan fingerprint density at radius 3 is 2.25 bits per heavy atom. The van der Waals surface area contributed by atoms with Gasteiger partial charge in [0.2, 0.25) is 0 Å².